The number of nitrogens with zero attached hydrogens (tertiary/aromatic N) is 6. The van der Waals surface area contributed by atoms with Crippen LogP contribution >= 0.6 is 0 Å². The summed E-state index contributed by atoms with van der Waals surface area (Å²) in [6.45, 7) is 5.12. The maximum Gasteiger partial charge on any atom is 0.177 e. The van der Waals surface area contributed by atoms with E-state index in [9.17, 15) is 0 Å². The minimum absolute atomic E-state index is 0.626. The molecule has 7 nitrogen and oxygen atoms in total. The molecule has 0 atom stereocenters. The lowest BCUT2D eigenvalue weighted by atomic mass is 9.98. The van der Waals surface area contributed by atoms with Gasteiger partial charge >= 0.3 is 0 Å². The molecular formula is C15H22N6O. The second-order valence-corrected chi connectivity index (χ2v) is 6.38. The van der Waals surface area contributed by atoms with Gasteiger partial charge in [0.1, 0.15) is 12.1 Å². The van der Waals surface area contributed by atoms with Crippen LogP contribution in [0.4, 0.5) is 5.82 Å². The van der Waals surface area contributed by atoms with E-state index in [1.54, 1.807) is 10.8 Å². The third-order valence-electron chi connectivity index (χ3n) is 4.84. The van der Waals surface area contributed by atoms with Gasteiger partial charge in [0.2, 0.25) is 0 Å². The van der Waals surface area contributed by atoms with Gasteiger partial charge in [-0.15, -0.1) is 15.3 Å². The van der Waals surface area contributed by atoms with Gasteiger partial charge in [-0.3, -0.25) is 4.90 Å². The molecule has 0 amide bonds. The van der Waals surface area contributed by atoms with E-state index in [0.717, 1.165) is 43.7 Å². The fraction of sp³-hybridized carbons (Fsp3) is 0.667. The minimum Gasteiger partial charge on any atom is -0.381 e. The lowest BCUT2D eigenvalue weighted by Crippen LogP contribution is -2.59. The molecule has 0 N–H and O–H groups in total. The second-order valence-electron chi connectivity index (χ2n) is 6.38. The van der Waals surface area contributed by atoms with Crippen LogP contribution in [-0.4, -0.2) is 70.6 Å². The fourth-order valence-electron chi connectivity index (χ4n) is 3.29. The summed E-state index contributed by atoms with van der Waals surface area (Å²) in [5, 5.41) is 12.4. The van der Waals surface area contributed by atoms with Crippen LogP contribution in [0.5, 0.6) is 0 Å². The van der Waals surface area contributed by atoms with Crippen LogP contribution in [-0.2, 0) is 4.74 Å². The number of hydrogen-bond acceptors (Lipinski definition) is 6. The molecule has 7 heteroatoms. The van der Waals surface area contributed by atoms with Crippen LogP contribution in [0.3, 0.4) is 0 Å². The van der Waals surface area contributed by atoms with Crippen molar-refractivity contribution in [2.45, 2.75) is 18.9 Å². The van der Waals surface area contributed by atoms with E-state index in [0.29, 0.717) is 6.04 Å². The van der Waals surface area contributed by atoms with Gasteiger partial charge in [-0.05, 0) is 37.9 Å². The summed E-state index contributed by atoms with van der Waals surface area (Å²) in [7, 11) is 2.24. The summed E-state index contributed by atoms with van der Waals surface area (Å²) in [5.41, 5.74) is 0.789. The van der Waals surface area contributed by atoms with E-state index < -0.39 is 0 Å². The highest BCUT2D eigenvalue weighted by Crippen LogP contribution is 2.23. The zero-order valence-electron chi connectivity index (χ0n) is 12.9. The Morgan fingerprint density at radius 2 is 2.09 bits per heavy atom. The van der Waals surface area contributed by atoms with Gasteiger partial charge in [0.15, 0.2) is 5.65 Å². The Morgan fingerprint density at radius 3 is 2.91 bits per heavy atom. The van der Waals surface area contributed by atoms with Crippen molar-refractivity contribution in [1.29, 1.82) is 0 Å². The maximum absolute atomic E-state index is 5.44. The monoisotopic (exact) mass is 302 g/mol. The van der Waals surface area contributed by atoms with Gasteiger partial charge < -0.3 is 9.64 Å². The molecule has 4 rings (SSSR count). The first-order valence-corrected chi connectivity index (χ1v) is 7.99. The molecular weight excluding hydrogens is 280 g/mol. The Morgan fingerprint density at radius 1 is 1.27 bits per heavy atom. The molecule has 2 aromatic rings. The summed E-state index contributed by atoms with van der Waals surface area (Å²) in [6, 6.07) is 4.62. The van der Waals surface area contributed by atoms with Gasteiger partial charge in [0.05, 0.1) is 0 Å². The first-order chi connectivity index (χ1) is 10.8. The third-order valence-corrected chi connectivity index (χ3v) is 4.84. The molecule has 0 bridgehead atoms. The van der Waals surface area contributed by atoms with Gasteiger partial charge in [0, 0.05) is 38.9 Å². The Hall–Kier alpha value is -1.73. The first kappa shape index (κ1) is 13.9. The molecule has 2 saturated heterocycles. The average Bonchev–Trinajstić information content (AvgIpc) is 2.94. The van der Waals surface area contributed by atoms with Crippen molar-refractivity contribution in [3.8, 4) is 0 Å². The van der Waals surface area contributed by atoms with Crippen molar-refractivity contribution in [3.63, 3.8) is 0 Å². The summed E-state index contributed by atoms with van der Waals surface area (Å²) in [5.74, 6) is 1.79. The highest BCUT2D eigenvalue weighted by molar-refractivity contribution is 5.47. The summed E-state index contributed by atoms with van der Waals surface area (Å²) < 4.78 is 7.17. The number of fused-ring (bicyclic) bond motifs is 1. The number of hydrogen-bond donors (Lipinski definition) is 0. The van der Waals surface area contributed by atoms with Crippen molar-refractivity contribution >= 4 is 11.5 Å². The zero-order valence-corrected chi connectivity index (χ0v) is 12.9. The smallest absolute Gasteiger partial charge is 0.177 e. The number of likely N-dealkylation sites (N-methyl/N-ethyl adjacent to an activating group) is 1. The van der Waals surface area contributed by atoms with Gasteiger partial charge in [0.25, 0.3) is 0 Å². The molecule has 0 aromatic carbocycles. The van der Waals surface area contributed by atoms with Crippen molar-refractivity contribution in [3.05, 3.63) is 18.5 Å². The summed E-state index contributed by atoms with van der Waals surface area (Å²) in [4.78, 5) is 4.81. The Labute approximate surface area is 129 Å². The van der Waals surface area contributed by atoms with Gasteiger partial charge in [-0.1, -0.05) is 0 Å². The topological polar surface area (TPSA) is 58.8 Å². The van der Waals surface area contributed by atoms with E-state index in [-0.39, 0.29) is 0 Å². The normalized spacial score (nSPS) is 20.7. The molecule has 2 aromatic heterocycles. The second kappa shape index (κ2) is 5.81. The lowest BCUT2D eigenvalue weighted by molar-refractivity contribution is 0.0480. The number of anilines is 1. The highest BCUT2D eigenvalue weighted by Gasteiger charge is 2.32. The molecule has 2 aliphatic rings. The van der Waals surface area contributed by atoms with Gasteiger partial charge in [-0.25, -0.2) is 0 Å². The Kier molecular flexibility index (Phi) is 3.67. The molecule has 0 radical (unpaired) electrons. The van der Waals surface area contributed by atoms with Crippen LogP contribution in [0.15, 0.2) is 18.5 Å². The quantitative estimate of drug-likeness (QED) is 0.827. The predicted octanol–water partition coefficient (Wildman–Crippen LogP) is 0.671. The average molecular weight is 302 g/mol. The Balaban J connectivity index is 1.32. The number of ether oxygens (including phenoxy) is 1. The van der Waals surface area contributed by atoms with Gasteiger partial charge in [-0.2, -0.15) is 4.52 Å². The van der Waals surface area contributed by atoms with Crippen LogP contribution < -0.4 is 4.90 Å². The molecule has 2 fully saturated rings. The molecule has 4 heterocycles. The van der Waals surface area contributed by atoms with Crippen molar-refractivity contribution in [1.82, 2.24) is 24.7 Å². The summed E-state index contributed by atoms with van der Waals surface area (Å²) >= 11 is 0. The fourth-order valence-corrected chi connectivity index (χ4v) is 3.29. The molecule has 0 spiro atoms. The minimum atomic E-state index is 0.626. The third kappa shape index (κ3) is 2.66. The predicted molar refractivity (Wildman–Crippen MR) is 83.0 cm³/mol. The van der Waals surface area contributed by atoms with Crippen LogP contribution in [0.25, 0.3) is 5.65 Å². The molecule has 0 aliphatic carbocycles. The van der Waals surface area contributed by atoms with Crippen LogP contribution in [0.2, 0.25) is 0 Å². The molecule has 0 saturated carbocycles. The lowest BCUT2D eigenvalue weighted by Gasteiger charge is -2.45. The first-order valence-electron chi connectivity index (χ1n) is 7.99. The summed E-state index contributed by atoms with van der Waals surface area (Å²) in [6.07, 6.45) is 4.05. The van der Waals surface area contributed by atoms with E-state index >= 15 is 0 Å². The van der Waals surface area contributed by atoms with E-state index in [1.807, 2.05) is 12.1 Å². The number of aromatic nitrogens is 4. The molecule has 2 aliphatic heterocycles. The Bertz CT molecular complexity index is 632. The highest BCUT2D eigenvalue weighted by atomic mass is 16.5. The standard InChI is InChI=1S/C15H22N6O/c1-19(8-12-4-6-22-7-5-12)13-9-20(10-13)15-3-2-14-17-16-11-21(14)18-15/h2-3,11-13H,4-10H2,1H3. The van der Waals surface area contributed by atoms with E-state index in [2.05, 4.69) is 32.1 Å². The molecule has 118 valence electrons. The molecule has 22 heavy (non-hydrogen) atoms. The van der Waals surface area contributed by atoms with Crippen molar-refractivity contribution in [2.24, 2.45) is 5.92 Å². The molecule has 0 unspecified atom stereocenters. The van der Waals surface area contributed by atoms with E-state index in [1.165, 1.54) is 19.4 Å². The van der Waals surface area contributed by atoms with Crippen molar-refractivity contribution < 1.29 is 4.74 Å². The van der Waals surface area contributed by atoms with Crippen LogP contribution in [0.1, 0.15) is 12.8 Å². The largest absolute Gasteiger partial charge is 0.381 e. The maximum atomic E-state index is 5.44. The zero-order chi connectivity index (χ0) is 14.9. The van der Waals surface area contributed by atoms with E-state index in [4.69, 9.17) is 4.74 Å². The van der Waals surface area contributed by atoms with Crippen molar-refractivity contribution in [2.75, 3.05) is 44.8 Å². The SMILES string of the molecule is CN(CC1CCOCC1)C1CN(c2ccc3nncn3n2)C1. The van der Waals surface area contributed by atoms with Crippen LogP contribution in [0, 0.1) is 5.92 Å². The number of rotatable bonds is 4.